The van der Waals surface area contributed by atoms with Crippen LogP contribution >= 0.6 is 11.8 Å². The van der Waals surface area contributed by atoms with Crippen LogP contribution in [-0.2, 0) is 0 Å². The average molecular weight is 394 g/mol. The van der Waals surface area contributed by atoms with Crippen molar-refractivity contribution in [1.29, 1.82) is 0 Å². The van der Waals surface area contributed by atoms with E-state index in [0.717, 1.165) is 37.5 Å². The highest BCUT2D eigenvalue weighted by atomic mass is 32.2. The zero-order valence-electron chi connectivity index (χ0n) is 16.1. The average Bonchev–Trinajstić information content (AvgIpc) is 2.73. The van der Waals surface area contributed by atoms with Crippen molar-refractivity contribution in [3.63, 3.8) is 0 Å². The number of aromatic nitrogens is 2. The van der Waals surface area contributed by atoms with Crippen LogP contribution in [-0.4, -0.2) is 48.3 Å². The Morgan fingerprint density at radius 2 is 1.86 bits per heavy atom. The second-order valence-corrected chi connectivity index (χ2v) is 7.77. The van der Waals surface area contributed by atoms with Gasteiger partial charge in [-0.3, -0.25) is 4.79 Å². The maximum atomic E-state index is 11.7. The number of nitrogens with two attached hydrogens (primary N) is 1. The fourth-order valence-corrected chi connectivity index (χ4v) is 4.07. The fourth-order valence-electron chi connectivity index (χ4n) is 3.63. The molecule has 1 fully saturated rings. The molecule has 1 amide bonds. The number of primary amides is 1. The van der Waals surface area contributed by atoms with Gasteiger partial charge < -0.3 is 15.5 Å². The summed E-state index contributed by atoms with van der Waals surface area (Å²) in [6, 6.07) is 12.1. The quantitative estimate of drug-likeness (QED) is 0.687. The molecule has 0 saturated carbocycles. The molecule has 0 atom stereocenters. The Hall–Kier alpha value is -2.80. The number of anilines is 2. The maximum absolute atomic E-state index is 11.7. The van der Waals surface area contributed by atoms with Crippen molar-refractivity contribution >= 4 is 40.2 Å². The van der Waals surface area contributed by atoms with E-state index in [4.69, 9.17) is 10.7 Å². The van der Waals surface area contributed by atoms with Crippen molar-refractivity contribution in [2.75, 3.05) is 42.2 Å². The number of fused-ring (bicyclic) bond motifs is 1. The van der Waals surface area contributed by atoms with Gasteiger partial charge in [-0.25, -0.2) is 9.97 Å². The first kappa shape index (κ1) is 18.6. The summed E-state index contributed by atoms with van der Waals surface area (Å²) < 4.78 is 0. The highest BCUT2D eigenvalue weighted by Crippen LogP contribution is 2.27. The number of benzene rings is 1. The van der Waals surface area contributed by atoms with Gasteiger partial charge in [-0.2, -0.15) is 0 Å². The Kier molecular flexibility index (Phi) is 5.09. The molecule has 7 heteroatoms. The molecule has 2 N–H and O–H groups in total. The molecule has 1 aliphatic rings. The molecule has 3 aromatic rings. The molecule has 0 unspecified atom stereocenters. The molecule has 6 nitrogen and oxygen atoms in total. The van der Waals surface area contributed by atoms with Gasteiger partial charge in [-0.1, -0.05) is 0 Å². The molecule has 0 aliphatic carbocycles. The van der Waals surface area contributed by atoms with E-state index in [1.807, 2.05) is 0 Å². The van der Waals surface area contributed by atoms with E-state index in [2.05, 4.69) is 52.2 Å². The lowest BCUT2D eigenvalue weighted by Gasteiger charge is -2.36. The maximum Gasteiger partial charge on any atom is 0.252 e. The van der Waals surface area contributed by atoms with Crippen LogP contribution in [0, 0.1) is 6.92 Å². The highest BCUT2D eigenvalue weighted by Gasteiger charge is 2.22. The van der Waals surface area contributed by atoms with Crippen LogP contribution in [0.25, 0.3) is 10.9 Å². The number of nitrogens with zero attached hydrogens (tertiary/aromatic N) is 4. The van der Waals surface area contributed by atoms with Gasteiger partial charge in [-0.05, 0) is 55.1 Å². The first-order chi connectivity index (χ1) is 13.6. The molecule has 1 aliphatic heterocycles. The molecule has 0 bridgehead atoms. The van der Waals surface area contributed by atoms with Crippen molar-refractivity contribution in [3.8, 4) is 0 Å². The van der Waals surface area contributed by atoms with Crippen molar-refractivity contribution in [3.05, 3.63) is 53.7 Å². The first-order valence-electron chi connectivity index (χ1n) is 9.27. The van der Waals surface area contributed by atoms with Crippen LogP contribution < -0.4 is 15.5 Å². The molecule has 144 valence electrons. The summed E-state index contributed by atoms with van der Waals surface area (Å²) in [5.74, 6) is 1.22. The number of hydrogen-bond acceptors (Lipinski definition) is 6. The lowest BCUT2D eigenvalue weighted by molar-refractivity contribution is 0.100. The minimum Gasteiger partial charge on any atom is -0.365 e. The number of aryl methyl sites for hydroxylation is 1. The van der Waals surface area contributed by atoms with Gasteiger partial charge in [0.1, 0.15) is 11.6 Å². The molecule has 0 radical (unpaired) electrons. The van der Waals surface area contributed by atoms with E-state index in [0.29, 0.717) is 11.4 Å². The number of carbonyl (C=O) groups excluding carboxylic acids is 1. The molecule has 3 heterocycles. The standard InChI is InChI=1S/C21H23N5OS/c1-14-12-19(24-18-6-5-15(28-2)13-17(14)18)25-8-10-26(11-9-25)21-16(20(22)27)4-3-7-23-21/h3-7,12-13H,8-11H2,1-2H3,(H2,22,27). The third-order valence-electron chi connectivity index (χ3n) is 5.16. The van der Waals surface area contributed by atoms with Crippen LogP contribution in [0.5, 0.6) is 0 Å². The Balaban J connectivity index is 1.55. The summed E-state index contributed by atoms with van der Waals surface area (Å²) in [5.41, 5.74) is 8.23. The second-order valence-electron chi connectivity index (χ2n) is 6.89. The molecule has 1 aromatic carbocycles. The van der Waals surface area contributed by atoms with Gasteiger partial charge in [0.05, 0.1) is 11.1 Å². The van der Waals surface area contributed by atoms with Crippen molar-refractivity contribution in [1.82, 2.24) is 9.97 Å². The molecule has 0 spiro atoms. The van der Waals surface area contributed by atoms with E-state index < -0.39 is 5.91 Å². The lowest BCUT2D eigenvalue weighted by atomic mass is 10.1. The van der Waals surface area contributed by atoms with Gasteiger partial charge in [0.25, 0.3) is 5.91 Å². The summed E-state index contributed by atoms with van der Waals surface area (Å²) in [5, 5.41) is 1.20. The van der Waals surface area contributed by atoms with Crippen molar-refractivity contribution in [2.45, 2.75) is 11.8 Å². The van der Waals surface area contributed by atoms with Crippen LogP contribution in [0.1, 0.15) is 15.9 Å². The molecule has 2 aromatic heterocycles. The molecule has 1 saturated heterocycles. The van der Waals surface area contributed by atoms with Crippen LogP contribution in [0.4, 0.5) is 11.6 Å². The SMILES string of the molecule is CSc1ccc2nc(N3CCN(c4ncccc4C(N)=O)CC3)cc(C)c2c1. The molecular formula is C21H23N5OS. The zero-order valence-corrected chi connectivity index (χ0v) is 16.9. The highest BCUT2D eigenvalue weighted by molar-refractivity contribution is 7.98. The monoisotopic (exact) mass is 393 g/mol. The van der Waals surface area contributed by atoms with Crippen LogP contribution in [0.15, 0.2) is 47.5 Å². The largest absolute Gasteiger partial charge is 0.365 e. The Bertz CT molecular complexity index is 1030. The fraction of sp³-hybridized carbons (Fsp3) is 0.286. The molecule has 4 rings (SSSR count). The minimum atomic E-state index is -0.443. The second kappa shape index (κ2) is 7.67. The van der Waals surface area contributed by atoms with Crippen LogP contribution in [0.2, 0.25) is 0 Å². The topological polar surface area (TPSA) is 75.3 Å². The number of carbonyl (C=O) groups is 1. The summed E-state index contributed by atoms with van der Waals surface area (Å²) in [4.78, 5) is 26.6. The van der Waals surface area contributed by atoms with Gasteiger partial charge >= 0.3 is 0 Å². The molecule has 28 heavy (non-hydrogen) atoms. The number of hydrogen-bond donors (Lipinski definition) is 1. The van der Waals surface area contributed by atoms with Crippen LogP contribution in [0.3, 0.4) is 0 Å². The number of rotatable bonds is 4. The minimum absolute atomic E-state index is 0.443. The smallest absolute Gasteiger partial charge is 0.252 e. The van der Waals surface area contributed by atoms with E-state index in [1.54, 1.807) is 30.1 Å². The predicted octanol–water partition coefficient (Wildman–Crippen LogP) is 3.09. The Morgan fingerprint density at radius 1 is 1.11 bits per heavy atom. The predicted molar refractivity (Wildman–Crippen MR) is 115 cm³/mol. The summed E-state index contributed by atoms with van der Waals surface area (Å²) in [6.07, 6.45) is 3.79. The lowest BCUT2D eigenvalue weighted by Crippen LogP contribution is -2.47. The number of thioether (sulfide) groups is 1. The van der Waals surface area contributed by atoms with E-state index in [9.17, 15) is 4.79 Å². The van der Waals surface area contributed by atoms with E-state index in [1.165, 1.54) is 15.8 Å². The van der Waals surface area contributed by atoms with E-state index in [-0.39, 0.29) is 0 Å². The normalized spacial score (nSPS) is 14.5. The summed E-state index contributed by atoms with van der Waals surface area (Å²) in [6.45, 7) is 5.30. The zero-order chi connectivity index (χ0) is 19.7. The van der Waals surface area contributed by atoms with Gasteiger partial charge in [0, 0.05) is 42.7 Å². The van der Waals surface area contributed by atoms with E-state index >= 15 is 0 Å². The van der Waals surface area contributed by atoms with Crippen molar-refractivity contribution in [2.24, 2.45) is 5.73 Å². The van der Waals surface area contributed by atoms with Gasteiger partial charge in [-0.15, -0.1) is 11.8 Å². The molecular weight excluding hydrogens is 370 g/mol. The third-order valence-corrected chi connectivity index (χ3v) is 5.89. The Labute approximate surface area is 168 Å². The number of piperazine rings is 1. The summed E-state index contributed by atoms with van der Waals surface area (Å²) >= 11 is 1.74. The van der Waals surface area contributed by atoms with Gasteiger partial charge in [0.15, 0.2) is 0 Å². The summed E-state index contributed by atoms with van der Waals surface area (Å²) in [7, 11) is 0. The number of amides is 1. The third kappa shape index (κ3) is 3.49. The number of pyridine rings is 2. The first-order valence-corrected chi connectivity index (χ1v) is 10.5. The van der Waals surface area contributed by atoms with Gasteiger partial charge in [0.2, 0.25) is 0 Å². The Morgan fingerprint density at radius 3 is 2.57 bits per heavy atom. The van der Waals surface area contributed by atoms with Crippen molar-refractivity contribution < 1.29 is 4.79 Å².